The number of carbonyl (C=O) groups excluding carboxylic acids is 2. The Morgan fingerprint density at radius 2 is 1.78 bits per heavy atom. The van der Waals surface area contributed by atoms with Crippen LogP contribution in [0.1, 0.15) is 44.6 Å². The van der Waals surface area contributed by atoms with Gasteiger partial charge in [0, 0.05) is 17.6 Å². The summed E-state index contributed by atoms with van der Waals surface area (Å²) in [6, 6.07) is 9.18. The van der Waals surface area contributed by atoms with Gasteiger partial charge >= 0.3 is 0 Å². The van der Waals surface area contributed by atoms with Crippen LogP contribution in [0.5, 0.6) is 5.75 Å². The quantitative estimate of drug-likeness (QED) is 0.477. The van der Waals surface area contributed by atoms with Gasteiger partial charge in [0.2, 0.25) is 21.8 Å². The lowest BCUT2D eigenvalue weighted by Crippen LogP contribution is -2.53. The molecule has 3 rings (SSSR count). The van der Waals surface area contributed by atoms with Gasteiger partial charge < -0.3 is 15.0 Å². The molecular formula is C26H33ClFN3O5S. The van der Waals surface area contributed by atoms with Crippen LogP contribution < -0.4 is 14.4 Å². The Kier molecular flexibility index (Phi) is 9.78. The number of amides is 2. The van der Waals surface area contributed by atoms with Gasteiger partial charge in [-0.05, 0) is 55.7 Å². The predicted octanol–water partition coefficient (Wildman–Crippen LogP) is 4.12. The van der Waals surface area contributed by atoms with Gasteiger partial charge in [-0.2, -0.15) is 0 Å². The average molecular weight is 554 g/mol. The fourth-order valence-electron chi connectivity index (χ4n) is 4.39. The van der Waals surface area contributed by atoms with Crippen LogP contribution in [0, 0.1) is 5.82 Å². The molecule has 1 saturated carbocycles. The minimum atomic E-state index is -3.95. The molecule has 37 heavy (non-hydrogen) atoms. The molecule has 0 radical (unpaired) electrons. The number of hydrogen-bond acceptors (Lipinski definition) is 5. The van der Waals surface area contributed by atoms with E-state index in [0.717, 1.165) is 42.7 Å². The molecule has 0 aromatic heterocycles. The molecule has 11 heteroatoms. The van der Waals surface area contributed by atoms with Gasteiger partial charge in [-0.25, -0.2) is 12.8 Å². The van der Waals surface area contributed by atoms with Gasteiger partial charge in [0.25, 0.3) is 0 Å². The van der Waals surface area contributed by atoms with Crippen molar-refractivity contribution >= 4 is 39.1 Å². The topological polar surface area (TPSA) is 96.0 Å². The molecule has 1 fully saturated rings. The zero-order chi connectivity index (χ0) is 27.2. The van der Waals surface area contributed by atoms with Crippen molar-refractivity contribution in [1.82, 2.24) is 10.2 Å². The molecule has 1 aliphatic rings. The maximum absolute atomic E-state index is 13.7. The van der Waals surface area contributed by atoms with Gasteiger partial charge in [0.05, 0.1) is 19.1 Å². The minimum absolute atomic E-state index is 0.0113. The van der Waals surface area contributed by atoms with Gasteiger partial charge in [0.15, 0.2) is 0 Å². The molecule has 2 amide bonds. The molecule has 0 heterocycles. The second kappa shape index (κ2) is 12.6. The molecule has 1 atom stereocenters. The predicted molar refractivity (Wildman–Crippen MR) is 142 cm³/mol. The maximum Gasteiger partial charge on any atom is 0.244 e. The Morgan fingerprint density at radius 3 is 2.38 bits per heavy atom. The van der Waals surface area contributed by atoms with Crippen LogP contribution in [-0.2, 0) is 26.2 Å². The highest BCUT2D eigenvalue weighted by Crippen LogP contribution is 2.33. The molecule has 1 unspecified atom stereocenters. The molecule has 202 valence electrons. The third-order valence-corrected chi connectivity index (χ3v) is 7.84. The second-order valence-corrected chi connectivity index (χ2v) is 11.6. The standard InChI is InChI=1S/C26H33ClFN3O5S/c1-18(26(33)29-22-7-5-4-6-8-22)30(16-19-9-12-21(28)13-10-19)25(32)17-31(37(3,34)35)23-15-20(27)11-14-24(23)36-2/h9-15,18,22H,4-8,16-17H2,1-3H3,(H,29,33). The third-order valence-electron chi connectivity index (χ3n) is 6.47. The number of benzene rings is 2. The lowest BCUT2D eigenvalue weighted by Gasteiger charge is -2.33. The molecule has 0 saturated heterocycles. The van der Waals surface area contributed by atoms with Crippen LogP contribution in [0.3, 0.4) is 0 Å². The first-order chi connectivity index (χ1) is 17.5. The number of halogens is 2. The van der Waals surface area contributed by atoms with Crippen LogP contribution >= 0.6 is 11.6 Å². The van der Waals surface area contributed by atoms with Crippen molar-refractivity contribution in [2.75, 3.05) is 24.2 Å². The summed E-state index contributed by atoms with van der Waals surface area (Å²) in [6.07, 6.45) is 5.92. The lowest BCUT2D eigenvalue weighted by molar-refractivity contribution is -0.139. The summed E-state index contributed by atoms with van der Waals surface area (Å²) in [4.78, 5) is 28.1. The van der Waals surface area contributed by atoms with Crippen molar-refractivity contribution in [2.45, 2.75) is 57.7 Å². The van der Waals surface area contributed by atoms with E-state index in [4.69, 9.17) is 16.3 Å². The summed E-state index contributed by atoms with van der Waals surface area (Å²) >= 11 is 6.12. The summed E-state index contributed by atoms with van der Waals surface area (Å²) in [6.45, 7) is 1.00. The lowest BCUT2D eigenvalue weighted by atomic mass is 9.95. The van der Waals surface area contributed by atoms with Crippen molar-refractivity contribution in [1.29, 1.82) is 0 Å². The number of sulfonamides is 1. The molecular weight excluding hydrogens is 521 g/mol. The number of hydrogen-bond donors (Lipinski definition) is 1. The molecule has 2 aromatic rings. The summed E-state index contributed by atoms with van der Waals surface area (Å²) in [7, 11) is -2.56. The van der Waals surface area contributed by atoms with E-state index in [-0.39, 0.29) is 35.0 Å². The van der Waals surface area contributed by atoms with Gasteiger partial charge in [-0.15, -0.1) is 0 Å². The average Bonchev–Trinajstić information content (AvgIpc) is 2.86. The molecule has 2 aromatic carbocycles. The summed E-state index contributed by atoms with van der Waals surface area (Å²) in [5.41, 5.74) is 0.699. The van der Waals surface area contributed by atoms with Gasteiger partial charge in [-0.1, -0.05) is 43.0 Å². The van der Waals surface area contributed by atoms with E-state index >= 15 is 0 Å². The van der Waals surface area contributed by atoms with Crippen molar-refractivity contribution < 1.29 is 27.1 Å². The van der Waals surface area contributed by atoms with Crippen molar-refractivity contribution in [3.63, 3.8) is 0 Å². The minimum Gasteiger partial charge on any atom is -0.495 e. The van der Waals surface area contributed by atoms with Crippen LogP contribution in [0.4, 0.5) is 10.1 Å². The number of rotatable bonds is 10. The fourth-order valence-corrected chi connectivity index (χ4v) is 5.40. The highest BCUT2D eigenvalue weighted by molar-refractivity contribution is 7.92. The Hall–Kier alpha value is -2.85. The zero-order valence-corrected chi connectivity index (χ0v) is 22.8. The fraction of sp³-hybridized carbons (Fsp3) is 0.462. The normalized spacial score (nSPS) is 15.1. The van der Waals surface area contributed by atoms with Crippen LogP contribution in [0.2, 0.25) is 5.02 Å². The van der Waals surface area contributed by atoms with E-state index in [1.807, 2.05) is 0 Å². The highest BCUT2D eigenvalue weighted by atomic mass is 35.5. The first-order valence-corrected chi connectivity index (χ1v) is 14.4. The van der Waals surface area contributed by atoms with E-state index in [0.29, 0.717) is 5.56 Å². The highest BCUT2D eigenvalue weighted by Gasteiger charge is 2.32. The Bertz CT molecular complexity index is 1200. The number of methoxy groups -OCH3 is 1. The van der Waals surface area contributed by atoms with Crippen molar-refractivity contribution in [3.05, 3.63) is 58.9 Å². The van der Waals surface area contributed by atoms with E-state index < -0.39 is 34.3 Å². The molecule has 1 aliphatic carbocycles. The number of carbonyl (C=O) groups is 2. The number of nitrogens with zero attached hydrogens (tertiary/aromatic N) is 2. The smallest absolute Gasteiger partial charge is 0.244 e. The number of nitrogens with one attached hydrogen (secondary N) is 1. The molecule has 8 nitrogen and oxygen atoms in total. The zero-order valence-electron chi connectivity index (χ0n) is 21.2. The van der Waals surface area contributed by atoms with Crippen LogP contribution in [0.25, 0.3) is 0 Å². The molecule has 0 aliphatic heterocycles. The molecule has 0 bridgehead atoms. The van der Waals surface area contributed by atoms with E-state index in [9.17, 15) is 22.4 Å². The van der Waals surface area contributed by atoms with Gasteiger partial charge in [0.1, 0.15) is 24.2 Å². The first-order valence-electron chi connectivity index (χ1n) is 12.1. The molecule has 1 N–H and O–H groups in total. The number of ether oxygens (including phenoxy) is 1. The summed E-state index contributed by atoms with van der Waals surface area (Å²) in [5.74, 6) is -1.14. The Morgan fingerprint density at radius 1 is 1.14 bits per heavy atom. The number of anilines is 1. The van der Waals surface area contributed by atoms with Crippen LogP contribution in [0.15, 0.2) is 42.5 Å². The first kappa shape index (κ1) is 28.7. The van der Waals surface area contributed by atoms with Crippen LogP contribution in [-0.4, -0.2) is 57.1 Å². The van der Waals surface area contributed by atoms with Gasteiger partial charge in [-0.3, -0.25) is 13.9 Å². The SMILES string of the molecule is COc1ccc(Cl)cc1N(CC(=O)N(Cc1ccc(F)cc1)C(C)C(=O)NC1CCCCC1)S(C)(=O)=O. The van der Waals surface area contributed by atoms with Crippen molar-refractivity contribution in [2.24, 2.45) is 0 Å². The van der Waals surface area contributed by atoms with E-state index in [1.54, 1.807) is 13.0 Å². The van der Waals surface area contributed by atoms with E-state index in [1.165, 1.54) is 48.4 Å². The molecule has 0 spiro atoms. The third kappa shape index (κ3) is 7.82. The van der Waals surface area contributed by atoms with E-state index in [2.05, 4.69) is 5.32 Å². The summed E-state index contributed by atoms with van der Waals surface area (Å²) < 4.78 is 45.2. The summed E-state index contributed by atoms with van der Waals surface area (Å²) in [5, 5.41) is 3.29. The Labute approximate surface area is 222 Å². The second-order valence-electron chi connectivity index (χ2n) is 9.25. The monoisotopic (exact) mass is 553 g/mol. The largest absolute Gasteiger partial charge is 0.495 e. The maximum atomic E-state index is 13.7. The van der Waals surface area contributed by atoms with Crippen molar-refractivity contribution in [3.8, 4) is 5.75 Å². The Balaban J connectivity index is 1.91.